The van der Waals surface area contributed by atoms with Gasteiger partial charge in [-0.3, -0.25) is 0 Å². The van der Waals surface area contributed by atoms with E-state index in [9.17, 15) is 4.79 Å². The lowest BCUT2D eigenvalue weighted by atomic mass is 10.1. The minimum atomic E-state index is -1.66. The standard InChI is InChI=1S/C18H28O3Si/c1-18(2,3)22(5,6)21-14-13-16-9-7-15(8-10-16)11-12-17(19)20-4/h7-12H,13-14H2,1-6H3/b12-11+. The van der Waals surface area contributed by atoms with Crippen molar-refractivity contribution in [3.05, 3.63) is 41.5 Å². The van der Waals surface area contributed by atoms with Crippen LogP contribution < -0.4 is 0 Å². The van der Waals surface area contributed by atoms with Crippen LogP contribution in [0.1, 0.15) is 31.9 Å². The molecule has 0 unspecified atom stereocenters. The monoisotopic (exact) mass is 320 g/mol. The molecule has 0 saturated heterocycles. The van der Waals surface area contributed by atoms with Crippen molar-refractivity contribution in [2.75, 3.05) is 13.7 Å². The number of hydrogen-bond acceptors (Lipinski definition) is 3. The Morgan fingerprint density at radius 2 is 1.77 bits per heavy atom. The summed E-state index contributed by atoms with van der Waals surface area (Å²) in [5, 5.41) is 0.246. The van der Waals surface area contributed by atoms with Crippen molar-refractivity contribution in [3.63, 3.8) is 0 Å². The maximum Gasteiger partial charge on any atom is 0.330 e. The van der Waals surface area contributed by atoms with Crippen LogP contribution in [0.25, 0.3) is 6.08 Å². The maximum atomic E-state index is 11.0. The molecule has 0 atom stereocenters. The van der Waals surface area contributed by atoms with E-state index in [1.165, 1.54) is 18.7 Å². The molecule has 0 heterocycles. The first-order chi connectivity index (χ1) is 10.2. The zero-order chi connectivity index (χ0) is 16.8. The molecule has 0 bridgehead atoms. The lowest BCUT2D eigenvalue weighted by Crippen LogP contribution is -2.41. The van der Waals surface area contributed by atoms with E-state index in [1.54, 1.807) is 6.08 Å². The summed E-state index contributed by atoms with van der Waals surface area (Å²) in [6, 6.07) is 8.15. The van der Waals surface area contributed by atoms with Gasteiger partial charge in [0.1, 0.15) is 0 Å². The Kier molecular flexibility index (Phi) is 6.57. The molecule has 0 aliphatic rings. The highest BCUT2D eigenvalue weighted by Gasteiger charge is 2.36. The molecule has 3 nitrogen and oxygen atoms in total. The molecule has 122 valence electrons. The van der Waals surface area contributed by atoms with E-state index in [0.29, 0.717) is 0 Å². The fraction of sp³-hybridized carbons (Fsp3) is 0.500. The van der Waals surface area contributed by atoms with Crippen molar-refractivity contribution in [1.82, 2.24) is 0 Å². The second-order valence-electron chi connectivity index (χ2n) is 6.96. The summed E-state index contributed by atoms with van der Waals surface area (Å²) in [6.07, 6.45) is 4.09. The molecule has 1 rings (SSSR count). The van der Waals surface area contributed by atoms with Crippen molar-refractivity contribution in [1.29, 1.82) is 0 Å². The van der Waals surface area contributed by atoms with E-state index < -0.39 is 8.32 Å². The smallest absolute Gasteiger partial charge is 0.330 e. The fourth-order valence-corrected chi connectivity index (χ4v) is 2.71. The van der Waals surface area contributed by atoms with Gasteiger partial charge in [-0.15, -0.1) is 0 Å². The number of esters is 1. The first-order valence-corrected chi connectivity index (χ1v) is 10.6. The zero-order valence-electron chi connectivity index (χ0n) is 14.6. The lowest BCUT2D eigenvalue weighted by Gasteiger charge is -2.36. The fourth-order valence-electron chi connectivity index (χ4n) is 1.67. The van der Waals surface area contributed by atoms with E-state index in [4.69, 9.17) is 4.43 Å². The Morgan fingerprint density at radius 3 is 2.27 bits per heavy atom. The third-order valence-electron chi connectivity index (χ3n) is 4.25. The van der Waals surface area contributed by atoms with Gasteiger partial charge < -0.3 is 9.16 Å². The Morgan fingerprint density at radius 1 is 1.18 bits per heavy atom. The molecule has 4 heteroatoms. The molecule has 1 aromatic carbocycles. The molecule has 0 radical (unpaired) electrons. The molecular weight excluding hydrogens is 292 g/mol. The van der Waals surface area contributed by atoms with Crippen molar-refractivity contribution in [2.45, 2.75) is 45.3 Å². The van der Waals surface area contributed by atoms with Crippen LogP contribution >= 0.6 is 0 Å². The molecular formula is C18H28O3Si. The average molecular weight is 321 g/mol. The molecule has 1 aromatic rings. The van der Waals surface area contributed by atoms with Crippen LogP contribution in [-0.2, 0) is 20.4 Å². The predicted octanol–water partition coefficient (Wildman–Crippen LogP) is 4.44. The molecule has 0 N–H and O–H groups in total. The minimum absolute atomic E-state index is 0.246. The third kappa shape index (κ3) is 5.77. The number of benzene rings is 1. The largest absolute Gasteiger partial charge is 0.466 e. The first-order valence-electron chi connectivity index (χ1n) is 7.64. The average Bonchev–Trinajstić information content (AvgIpc) is 2.44. The topological polar surface area (TPSA) is 35.5 Å². The minimum Gasteiger partial charge on any atom is -0.466 e. The highest BCUT2D eigenvalue weighted by atomic mass is 28.4. The van der Waals surface area contributed by atoms with Crippen molar-refractivity contribution < 1.29 is 14.0 Å². The van der Waals surface area contributed by atoms with Crippen LogP contribution in [0.4, 0.5) is 0 Å². The van der Waals surface area contributed by atoms with E-state index in [-0.39, 0.29) is 11.0 Å². The van der Waals surface area contributed by atoms with Crippen LogP contribution in [-0.4, -0.2) is 28.0 Å². The Hall–Kier alpha value is -1.39. The molecule has 0 aliphatic heterocycles. The molecule has 0 fully saturated rings. The molecule has 0 aliphatic carbocycles. The van der Waals surface area contributed by atoms with E-state index in [1.807, 2.05) is 12.1 Å². The normalized spacial score (nSPS) is 12.6. The predicted molar refractivity (Wildman–Crippen MR) is 94.3 cm³/mol. The van der Waals surface area contributed by atoms with Crippen LogP contribution in [0.15, 0.2) is 30.3 Å². The quantitative estimate of drug-likeness (QED) is 0.442. The van der Waals surface area contributed by atoms with Gasteiger partial charge >= 0.3 is 5.97 Å². The van der Waals surface area contributed by atoms with Crippen molar-refractivity contribution in [3.8, 4) is 0 Å². The molecule has 22 heavy (non-hydrogen) atoms. The molecule has 0 aromatic heterocycles. The number of carbonyl (C=O) groups is 1. The van der Waals surface area contributed by atoms with Crippen LogP contribution in [0.2, 0.25) is 18.1 Å². The van der Waals surface area contributed by atoms with E-state index >= 15 is 0 Å². The van der Waals surface area contributed by atoms with Gasteiger partial charge in [0.05, 0.1) is 7.11 Å². The van der Waals surface area contributed by atoms with Crippen molar-refractivity contribution in [2.24, 2.45) is 0 Å². The van der Waals surface area contributed by atoms with Crippen LogP contribution in [0, 0.1) is 0 Å². The number of hydrogen-bond donors (Lipinski definition) is 0. The molecule has 0 spiro atoms. The first kappa shape index (κ1) is 18.7. The summed E-state index contributed by atoms with van der Waals surface area (Å²) < 4.78 is 10.8. The number of ether oxygens (including phenoxy) is 1. The SMILES string of the molecule is COC(=O)/C=C/c1ccc(CCO[Si](C)(C)C(C)(C)C)cc1. The van der Waals surface area contributed by atoms with Gasteiger partial charge in [0.15, 0.2) is 8.32 Å². The number of rotatable bonds is 6. The second-order valence-corrected chi connectivity index (χ2v) is 11.8. The highest BCUT2D eigenvalue weighted by molar-refractivity contribution is 6.74. The van der Waals surface area contributed by atoms with E-state index in [0.717, 1.165) is 18.6 Å². The summed E-state index contributed by atoms with van der Waals surface area (Å²) in [6.45, 7) is 12.1. The Balaban J connectivity index is 2.52. The Labute approximate surface area is 135 Å². The van der Waals surface area contributed by atoms with Gasteiger partial charge in [-0.1, -0.05) is 45.0 Å². The summed E-state index contributed by atoms with van der Waals surface area (Å²) in [5.74, 6) is -0.341. The van der Waals surface area contributed by atoms with Gasteiger partial charge in [-0.2, -0.15) is 0 Å². The number of methoxy groups -OCH3 is 1. The second kappa shape index (κ2) is 7.74. The van der Waals surface area contributed by atoms with Gasteiger partial charge in [-0.25, -0.2) is 4.79 Å². The summed E-state index contributed by atoms with van der Waals surface area (Å²) in [5.41, 5.74) is 2.23. The lowest BCUT2D eigenvalue weighted by molar-refractivity contribution is -0.134. The van der Waals surface area contributed by atoms with Crippen LogP contribution in [0.3, 0.4) is 0 Å². The van der Waals surface area contributed by atoms with Gasteiger partial charge in [-0.05, 0) is 41.8 Å². The highest BCUT2D eigenvalue weighted by Crippen LogP contribution is 2.36. The van der Waals surface area contributed by atoms with Gasteiger partial charge in [0, 0.05) is 12.7 Å². The molecule has 0 saturated carbocycles. The van der Waals surface area contributed by atoms with Crippen molar-refractivity contribution >= 4 is 20.4 Å². The summed E-state index contributed by atoms with van der Waals surface area (Å²) >= 11 is 0. The summed E-state index contributed by atoms with van der Waals surface area (Å²) in [4.78, 5) is 11.0. The third-order valence-corrected chi connectivity index (χ3v) is 8.79. The Bertz CT molecular complexity index is 510. The van der Waals surface area contributed by atoms with Gasteiger partial charge in [0.2, 0.25) is 0 Å². The van der Waals surface area contributed by atoms with Gasteiger partial charge in [0.25, 0.3) is 0 Å². The molecule has 0 amide bonds. The zero-order valence-corrected chi connectivity index (χ0v) is 15.6. The van der Waals surface area contributed by atoms with E-state index in [2.05, 4.69) is 50.7 Å². The number of carbonyl (C=O) groups excluding carboxylic acids is 1. The maximum absolute atomic E-state index is 11.0. The van der Waals surface area contributed by atoms with Crippen LogP contribution in [0.5, 0.6) is 0 Å². The summed E-state index contributed by atoms with van der Waals surface area (Å²) in [7, 11) is -0.289.